The van der Waals surface area contributed by atoms with E-state index < -0.39 is 5.97 Å². The van der Waals surface area contributed by atoms with Crippen molar-refractivity contribution in [2.75, 3.05) is 13.1 Å². The highest BCUT2D eigenvalue weighted by molar-refractivity contribution is 5.81. The predicted octanol–water partition coefficient (Wildman–Crippen LogP) is 2.44. The highest BCUT2D eigenvalue weighted by Crippen LogP contribution is 2.19. The molecule has 0 unspecified atom stereocenters. The molecule has 2 rings (SSSR count). The van der Waals surface area contributed by atoms with Crippen molar-refractivity contribution in [3.05, 3.63) is 35.5 Å². The molecular formula is C17H20FN3O4. The first-order chi connectivity index (χ1) is 11.9. The molecule has 0 aliphatic carbocycles. The Balaban J connectivity index is 1.99. The maximum absolute atomic E-state index is 13.6. The van der Waals surface area contributed by atoms with Gasteiger partial charge < -0.3 is 14.5 Å². The lowest BCUT2D eigenvalue weighted by atomic mass is 10.1. The van der Waals surface area contributed by atoms with Crippen LogP contribution >= 0.6 is 0 Å². The fourth-order valence-corrected chi connectivity index (χ4v) is 2.30. The standard InChI is InChI=1S/C17H20FN3O4/c1-3-8-21(10-16(23)24)15(22)7-6-14-19-17(20-25-14)12-5-4-11(2)13(18)9-12/h4-5,9H,3,6-8,10H2,1-2H3,(H,23,24). The van der Waals surface area contributed by atoms with E-state index in [-0.39, 0.29) is 42.8 Å². The van der Waals surface area contributed by atoms with Crippen LogP contribution in [0.2, 0.25) is 0 Å². The van der Waals surface area contributed by atoms with Crippen LogP contribution in [-0.2, 0) is 16.0 Å². The number of nitrogens with zero attached hydrogens (tertiary/aromatic N) is 3. The van der Waals surface area contributed by atoms with Gasteiger partial charge in [0.2, 0.25) is 17.6 Å². The summed E-state index contributed by atoms with van der Waals surface area (Å²) in [6.45, 7) is 3.58. The van der Waals surface area contributed by atoms with Gasteiger partial charge in [0.25, 0.3) is 0 Å². The lowest BCUT2D eigenvalue weighted by molar-refractivity contribution is -0.144. The van der Waals surface area contributed by atoms with Gasteiger partial charge in [0, 0.05) is 24.9 Å². The molecule has 25 heavy (non-hydrogen) atoms. The van der Waals surface area contributed by atoms with Crippen LogP contribution in [0.3, 0.4) is 0 Å². The van der Waals surface area contributed by atoms with Crippen molar-refractivity contribution in [1.82, 2.24) is 15.0 Å². The van der Waals surface area contributed by atoms with Crippen molar-refractivity contribution < 1.29 is 23.6 Å². The van der Waals surface area contributed by atoms with Crippen LogP contribution in [0, 0.1) is 12.7 Å². The van der Waals surface area contributed by atoms with Gasteiger partial charge in [0.05, 0.1) is 0 Å². The number of benzene rings is 1. The molecule has 0 fully saturated rings. The molecule has 7 nitrogen and oxygen atoms in total. The largest absolute Gasteiger partial charge is 0.480 e. The van der Waals surface area contributed by atoms with Gasteiger partial charge >= 0.3 is 5.97 Å². The minimum absolute atomic E-state index is 0.0666. The van der Waals surface area contributed by atoms with Crippen molar-refractivity contribution >= 4 is 11.9 Å². The summed E-state index contributed by atoms with van der Waals surface area (Å²) < 4.78 is 18.7. The average Bonchev–Trinajstić information content (AvgIpc) is 3.03. The van der Waals surface area contributed by atoms with Gasteiger partial charge in [-0.1, -0.05) is 24.2 Å². The highest BCUT2D eigenvalue weighted by atomic mass is 19.1. The van der Waals surface area contributed by atoms with Gasteiger partial charge in [0.15, 0.2) is 0 Å². The van der Waals surface area contributed by atoms with Crippen molar-refractivity contribution in [2.45, 2.75) is 33.1 Å². The third-order valence-electron chi connectivity index (χ3n) is 3.62. The molecule has 0 aliphatic rings. The summed E-state index contributed by atoms with van der Waals surface area (Å²) >= 11 is 0. The number of aromatic nitrogens is 2. The van der Waals surface area contributed by atoms with Gasteiger partial charge in [-0.3, -0.25) is 9.59 Å². The molecule has 1 N–H and O–H groups in total. The van der Waals surface area contributed by atoms with Crippen LogP contribution in [0.4, 0.5) is 4.39 Å². The molecule has 134 valence electrons. The number of aryl methyl sites for hydroxylation is 2. The van der Waals surface area contributed by atoms with Crippen molar-refractivity contribution in [2.24, 2.45) is 0 Å². The Hall–Kier alpha value is -2.77. The van der Waals surface area contributed by atoms with E-state index in [1.165, 1.54) is 11.0 Å². The van der Waals surface area contributed by atoms with Crippen molar-refractivity contribution in [3.63, 3.8) is 0 Å². The molecule has 1 heterocycles. The minimum Gasteiger partial charge on any atom is -0.480 e. The van der Waals surface area contributed by atoms with E-state index in [2.05, 4.69) is 10.1 Å². The molecule has 0 bridgehead atoms. The molecule has 0 saturated heterocycles. The summed E-state index contributed by atoms with van der Waals surface area (Å²) in [5.74, 6) is -1.20. The first kappa shape index (κ1) is 18.6. The molecular weight excluding hydrogens is 329 g/mol. The topological polar surface area (TPSA) is 96.5 Å². The normalized spacial score (nSPS) is 10.7. The van der Waals surface area contributed by atoms with E-state index in [1.54, 1.807) is 19.1 Å². The first-order valence-electron chi connectivity index (χ1n) is 7.99. The Morgan fingerprint density at radius 1 is 1.36 bits per heavy atom. The quantitative estimate of drug-likeness (QED) is 0.786. The van der Waals surface area contributed by atoms with Crippen LogP contribution in [-0.4, -0.2) is 45.1 Å². The van der Waals surface area contributed by atoms with Gasteiger partial charge in [-0.05, 0) is 25.0 Å². The number of carboxylic acids is 1. The van der Waals surface area contributed by atoms with E-state index in [1.807, 2.05) is 6.92 Å². The molecule has 1 aromatic carbocycles. The number of carboxylic acid groups (broad SMARTS) is 1. The molecule has 8 heteroatoms. The monoisotopic (exact) mass is 349 g/mol. The second kappa shape index (κ2) is 8.36. The molecule has 0 radical (unpaired) electrons. The van der Waals surface area contributed by atoms with E-state index in [0.717, 1.165) is 0 Å². The number of aliphatic carboxylic acids is 1. The smallest absolute Gasteiger partial charge is 0.323 e. The summed E-state index contributed by atoms with van der Waals surface area (Å²) in [5.41, 5.74) is 1.01. The third-order valence-corrected chi connectivity index (χ3v) is 3.62. The Bertz CT molecular complexity index is 760. The van der Waals surface area contributed by atoms with Crippen LogP contribution in [0.1, 0.15) is 31.2 Å². The number of hydrogen-bond donors (Lipinski definition) is 1. The SMILES string of the molecule is CCCN(CC(=O)O)C(=O)CCc1nc(-c2ccc(C)c(F)c2)no1. The number of carbonyl (C=O) groups excluding carboxylic acids is 1. The Kier molecular flexibility index (Phi) is 6.21. The number of hydrogen-bond acceptors (Lipinski definition) is 5. The second-order valence-corrected chi connectivity index (χ2v) is 5.68. The van der Waals surface area contributed by atoms with Crippen molar-refractivity contribution in [3.8, 4) is 11.4 Å². The highest BCUT2D eigenvalue weighted by Gasteiger charge is 2.17. The fourth-order valence-electron chi connectivity index (χ4n) is 2.30. The van der Waals surface area contributed by atoms with Crippen LogP contribution in [0.5, 0.6) is 0 Å². The molecule has 0 saturated carbocycles. The number of amides is 1. The van der Waals surface area contributed by atoms with Crippen molar-refractivity contribution in [1.29, 1.82) is 0 Å². The zero-order valence-electron chi connectivity index (χ0n) is 14.2. The van der Waals surface area contributed by atoms with E-state index in [4.69, 9.17) is 9.63 Å². The molecule has 1 aromatic heterocycles. The summed E-state index contributed by atoms with van der Waals surface area (Å²) in [7, 11) is 0. The minimum atomic E-state index is -1.05. The third kappa shape index (κ3) is 5.10. The van der Waals surface area contributed by atoms with E-state index in [0.29, 0.717) is 24.1 Å². The Morgan fingerprint density at radius 2 is 2.12 bits per heavy atom. The van der Waals surface area contributed by atoms with Gasteiger partial charge in [0.1, 0.15) is 12.4 Å². The number of rotatable bonds is 8. The van der Waals surface area contributed by atoms with E-state index >= 15 is 0 Å². The molecule has 0 spiro atoms. The van der Waals surface area contributed by atoms with Crippen LogP contribution < -0.4 is 0 Å². The van der Waals surface area contributed by atoms with Crippen LogP contribution in [0.15, 0.2) is 22.7 Å². The lowest BCUT2D eigenvalue weighted by Crippen LogP contribution is -2.36. The summed E-state index contributed by atoms with van der Waals surface area (Å²) in [4.78, 5) is 28.4. The first-order valence-corrected chi connectivity index (χ1v) is 7.99. The molecule has 1 amide bonds. The second-order valence-electron chi connectivity index (χ2n) is 5.68. The zero-order valence-corrected chi connectivity index (χ0v) is 14.2. The number of carbonyl (C=O) groups is 2. The molecule has 0 atom stereocenters. The zero-order chi connectivity index (χ0) is 18.4. The summed E-state index contributed by atoms with van der Waals surface area (Å²) in [6.07, 6.45) is 0.930. The van der Waals surface area contributed by atoms with Crippen LogP contribution in [0.25, 0.3) is 11.4 Å². The Morgan fingerprint density at radius 3 is 2.76 bits per heavy atom. The predicted molar refractivity (Wildman–Crippen MR) is 87.3 cm³/mol. The maximum Gasteiger partial charge on any atom is 0.323 e. The number of halogens is 1. The van der Waals surface area contributed by atoms with Gasteiger partial charge in [-0.2, -0.15) is 4.98 Å². The fraction of sp³-hybridized carbons (Fsp3) is 0.412. The average molecular weight is 349 g/mol. The maximum atomic E-state index is 13.6. The molecule has 0 aliphatic heterocycles. The van der Waals surface area contributed by atoms with E-state index in [9.17, 15) is 14.0 Å². The van der Waals surface area contributed by atoms with Gasteiger partial charge in [-0.15, -0.1) is 0 Å². The summed E-state index contributed by atoms with van der Waals surface area (Å²) in [6, 6.07) is 4.64. The summed E-state index contributed by atoms with van der Waals surface area (Å²) in [5, 5.41) is 12.6. The lowest BCUT2D eigenvalue weighted by Gasteiger charge is -2.19. The molecule has 2 aromatic rings. The van der Waals surface area contributed by atoms with Gasteiger partial charge in [-0.25, -0.2) is 4.39 Å². The Labute approximate surface area is 144 Å².